The molecule has 0 amide bonds. The number of rotatable bonds is 7. The van der Waals surface area contributed by atoms with Crippen molar-refractivity contribution in [3.63, 3.8) is 0 Å². The summed E-state index contributed by atoms with van der Waals surface area (Å²) in [5.41, 5.74) is 3.80. The highest BCUT2D eigenvalue weighted by Crippen LogP contribution is 2.28. The van der Waals surface area contributed by atoms with Crippen molar-refractivity contribution in [1.82, 2.24) is 4.90 Å². The Morgan fingerprint density at radius 1 is 0.759 bits per heavy atom. The molecule has 0 bridgehead atoms. The second-order valence-electron chi connectivity index (χ2n) is 7.74. The smallest absolute Gasteiger partial charge is 0.163 e. The van der Waals surface area contributed by atoms with Crippen molar-refractivity contribution in [2.24, 2.45) is 0 Å². The Labute approximate surface area is 173 Å². The van der Waals surface area contributed by atoms with Crippen LogP contribution in [0.5, 0.6) is 11.5 Å². The van der Waals surface area contributed by atoms with Crippen molar-refractivity contribution >= 4 is 0 Å². The first-order valence-electron chi connectivity index (χ1n) is 10.6. The van der Waals surface area contributed by atoms with Crippen molar-refractivity contribution < 1.29 is 9.84 Å². The monoisotopic (exact) mass is 387 g/mol. The normalized spacial score (nSPS) is 15.7. The van der Waals surface area contributed by atoms with Crippen molar-refractivity contribution in [1.29, 1.82) is 0 Å². The molecular weight excluding hydrogens is 358 g/mol. The molecule has 1 aliphatic heterocycles. The summed E-state index contributed by atoms with van der Waals surface area (Å²) < 4.78 is 6.28. The molecule has 1 fully saturated rings. The van der Waals surface area contributed by atoms with Crippen molar-refractivity contribution in [3.05, 3.63) is 84.4 Å². The highest BCUT2D eigenvalue weighted by atomic mass is 16.5. The lowest BCUT2D eigenvalue weighted by Crippen LogP contribution is -2.43. The van der Waals surface area contributed by atoms with E-state index in [0.29, 0.717) is 5.75 Å². The number of aromatic hydroxyl groups is 1. The molecule has 3 aromatic rings. The van der Waals surface area contributed by atoms with E-state index >= 15 is 0 Å². The second-order valence-corrected chi connectivity index (χ2v) is 7.74. The Morgan fingerprint density at radius 2 is 1.41 bits per heavy atom. The van der Waals surface area contributed by atoms with E-state index in [1.54, 1.807) is 6.07 Å². The first kappa shape index (κ1) is 19.5. The van der Waals surface area contributed by atoms with Crippen LogP contribution in [0.25, 0.3) is 11.1 Å². The van der Waals surface area contributed by atoms with Gasteiger partial charge in [-0.15, -0.1) is 0 Å². The van der Waals surface area contributed by atoms with Gasteiger partial charge in [-0.3, -0.25) is 4.90 Å². The third kappa shape index (κ3) is 5.18. The van der Waals surface area contributed by atoms with E-state index in [9.17, 15) is 5.11 Å². The van der Waals surface area contributed by atoms with Crippen LogP contribution in [-0.4, -0.2) is 29.3 Å². The zero-order valence-electron chi connectivity index (χ0n) is 16.8. The molecule has 4 rings (SSSR count). The van der Waals surface area contributed by atoms with Gasteiger partial charge in [0.05, 0.1) is 0 Å². The molecule has 3 nitrogen and oxygen atoms in total. The Morgan fingerprint density at radius 3 is 2.14 bits per heavy atom. The Balaban J connectivity index is 1.44. The molecular formula is C26H29NO2. The number of benzene rings is 3. The van der Waals surface area contributed by atoms with Gasteiger partial charge in [0, 0.05) is 19.5 Å². The molecule has 0 radical (unpaired) electrons. The molecule has 0 saturated carbocycles. The van der Waals surface area contributed by atoms with Crippen LogP contribution in [0.3, 0.4) is 0 Å². The third-order valence-electron chi connectivity index (χ3n) is 5.67. The predicted octanol–water partition coefficient (Wildman–Crippen LogP) is 5.88. The number of hydrogen-bond donors (Lipinski definition) is 1. The summed E-state index contributed by atoms with van der Waals surface area (Å²) in [4.78, 5) is 2.42. The average Bonchev–Trinajstić information content (AvgIpc) is 2.79. The van der Waals surface area contributed by atoms with Gasteiger partial charge in [-0.25, -0.2) is 0 Å². The first-order chi connectivity index (χ1) is 14.3. The number of para-hydroxylation sites is 2. The quantitative estimate of drug-likeness (QED) is 0.549. The SMILES string of the molecule is Oc1ccccc1OC(CCc1ccc(-c2ccccc2)cc1)N1CCCCC1. The van der Waals surface area contributed by atoms with Gasteiger partial charge >= 0.3 is 0 Å². The number of ether oxygens (including phenoxy) is 1. The van der Waals surface area contributed by atoms with Gasteiger partial charge in [0.1, 0.15) is 0 Å². The van der Waals surface area contributed by atoms with Gasteiger partial charge in [-0.2, -0.15) is 0 Å². The van der Waals surface area contributed by atoms with Crippen LogP contribution >= 0.6 is 0 Å². The largest absolute Gasteiger partial charge is 0.504 e. The molecule has 150 valence electrons. The number of piperidine rings is 1. The van der Waals surface area contributed by atoms with Gasteiger partial charge < -0.3 is 9.84 Å². The summed E-state index contributed by atoms with van der Waals surface area (Å²) in [6.45, 7) is 2.12. The van der Waals surface area contributed by atoms with Crippen molar-refractivity contribution in [2.45, 2.75) is 38.3 Å². The highest BCUT2D eigenvalue weighted by molar-refractivity contribution is 5.63. The predicted molar refractivity (Wildman–Crippen MR) is 118 cm³/mol. The summed E-state index contributed by atoms with van der Waals surface area (Å²) in [5.74, 6) is 0.782. The Bertz CT molecular complexity index is 886. The second kappa shape index (κ2) is 9.62. The van der Waals surface area contributed by atoms with Crippen LogP contribution in [0.4, 0.5) is 0 Å². The molecule has 1 N–H and O–H groups in total. The fourth-order valence-electron chi connectivity index (χ4n) is 4.01. The maximum atomic E-state index is 10.1. The molecule has 1 atom stereocenters. The van der Waals surface area contributed by atoms with Crippen LogP contribution < -0.4 is 4.74 Å². The van der Waals surface area contributed by atoms with Crippen LogP contribution in [0.15, 0.2) is 78.9 Å². The zero-order chi connectivity index (χ0) is 19.9. The van der Waals surface area contributed by atoms with Gasteiger partial charge in [-0.05, 0) is 48.1 Å². The van der Waals surface area contributed by atoms with Crippen molar-refractivity contribution in [3.8, 4) is 22.6 Å². The fraction of sp³-hybridized carbons (Fsp3) is 0.308. The molecule has 1 heterocycles. The van der Waals surface area contributed by atoms with Gasteiger partial charge in [-0.1, -0.05) is 73.2 Å². The van der Waals surface area contributed by atoms with Crippen LogP contribution in [0, 0.1) is 0 Å². The number of hydrogen-bond acceptors (Lipinski definition) is 3. The highest BCUT2D eigenvalue weighted by Gasteiger charge is 2.23. The lowest BCUT2D eigenvalue weighted by molar-refractivity contribution is 0.00511. The molecule has 3 aromatic carbocycles. The van der Waals surface area contributed by atoms with Crippen LogP contribution in [0.1, 0.15) is 31.2 Å². The number of likely N-dealkylation sites (tertiary alicyclic amines) is 1. The Hall–Kier alpha value is -2.78. The fourth-order valence-corrected chi connectivity index (χ4v) is 4.01. The molecule has 0 aliphatic carbocycles. The average molecular weight is 388 g/mol. The number of nitrogens with zero attached hydrogens (tertiary/aromatic N) is 1. The van der Waals surface area contributed by atoms with E-state index in [1.165, 1.54) is 36.0 Å². The summed E-state index contributed by atoms with van der Waals surface area (Å²) in [5, 5.41) is 10.1. The molecule has 1 unspecified atom stereocenters. The van der Waals surface area contributed by atoms with Gasteiger partial charge in [0.15, 0.2) is 17.7 Å². The minimum Gasteiger partial charge on any atom is -0.504 e. The van der Waals surface area contributed by atoms with Crippen molar-refractivity contribution in [2.75, 3.05) is 13.1 Å². The summed E-state index contributed by atoms with van der Waals surface area (Å²) >= 11 is 0. The molecule has 1 aliphatic rings. The topological polar surface area (TPSA) is 32.7 Å². The maximum Gasteiger partial charge on any atom is 0.163 e. The molecule has 1 saturated heterocycles. The van der Waals surface area contributed by atoms with E-state index in [0.717, 1.165) is 25.9 Å². The van der Waals surface area contributed by atoms with E-state index < -0.39 is 0 Å². The third-order valence-corrected chi connectivity index (χ3v) is 5.67. The molecule has 29 heavy (non-hydrogen) atoms. The Kier molecular flexibility index (Phi) is 6.48. The maximum absolute atomic E-state index is 10.1. The first-order valence-corrected chi connectivity index (χ1v) is 10.6. The van der Waals surface area contributed by atoms with Gasteiger partial charge in [0.2, 0.25) is 0 Å². The van der Waals surface area contributed by atoms with Gasteiger partial charge in [0.25, 0.3) is 0 Å². The number of aryl methyl sites for hydroxylation is 1. The lowest BCUT2D eigenvalue weighted by Gasteiger charge is -2.34. The summed E-state index contributed by atoms with van der Waals surface area (Å²) in [7, 11) is 0. The van der Waals surface area contributed by atoms with E-state index in [1.807, 2.05) is 24.3 Å². The van der Waals surface area contributed by atoms with E-state index in [4.69, 9.17) is 4.74 Å². The van der Waals surface area contributed by atoms with Crippen LogP contribution in [0.2, 0.25) is 0 Å². The standard InChI is InChI=1S/C26H29NO2/c28-24-11-5-6-12-25(24)29-26(27-19-7-2-8-20-27)18-15-21-13-16-23(17-14-21)22-9-3-1-4-10-22/h1,3-6,9-14,16-17,26,28H,2,7-8,15,18-20H2. The molecule has 3 heteroatoms. The van der Waals surface area contributed by atoms with E-state index in [-0.39, 0.29) is 12.0 Å². The molecule has 0 aromatic heterocycles. The summed E-state index contributed by atoms with van der Waals surface area (Å²) in [6, 6.07) is 26.6. The number of phenolic OH excluding ortho intramolecular Hbond substituents is 1. The van der Waals surface area contributed by atoms with E-state index in [2.05, 4.69) is 53.4 Å². The molecule has 0 spiro atoms. The summed E-state index contributed by atoms with van der Waals surface area (Å²) in [6.07, 6.45) is 5.56. The lowest BCUT2D eigenvalue weighted by atomic mass is 10.0. The minimum atomic E-state index is -0.0163. The zero-order valence-corrected chi connectivity index (χ0v) is 16.8. The van der Waals surface area contributed by atoms with Crippen LogP contribution in [-0.2, 0) is 6.42 Å². The minimum absolute atomic E-state index is 0.0163. The number of phenols is 1.